The lowest BCUT2D eigenvalue weighted by Gasteiger charge is -2.07. The number of benzene rings is 1. The van der Waals surface area contributed by atoms with Crippen LogP contribution in [0, 0.1) is 11.7 Å². The van der Waals surface area contributed by atoms with Crippen LogP contribution in [0.2, 0.25) is 0 Å². The van der Waals surface area contributed by atoms with Crippen LogP contribution in [0.5, 0.6) is 5.75 Å². The maximum absolute atomic E-state index is 13.4. The summed E-state index contributed by atoms with van der Waals surface area (Å²) in [4.78, 5) is 10.4. The van der Waals surface area contributed by atoms with E-state index in [1.54, 1.807) is 6.07 Å². The molecule has 0 bridgehead atoms. The first-order valence-corrected chi connectivity index (χ1v) is 4.74. The van der Waals surface area contributed by atoms with Crippen molar-refractivity contribution in [2.75, 3.05) is 0 Å². The van der Waals surface area contributed by atoms with Gasteiger partial charge in [0.15, 0.2) is 0 Å². The van der Waals surface area contributed by atoms with Crippen molar-refractivity contribution in [1.82, 2.24) is 0 Å². The van der Waals surface area contributed by atoms with Crippen LogP contribution in [0.4, 0.5) is 9.18 Å². The van der Waals surface area contributed by atoms with Gasteiger partial charge in [-0.2, -0.15) is 0 Å². The van der Waals surface area contributed by atoms with Crippen molar-refractivity contribution in [3.05, 3.63) is 29.6 Å². The zero-order valence-electron chi connectivity index (χ0n) is 8.79. The van der Waals surface area contributed by atoms with Crippen LogP contribution in [0.1, 0.15) is 19.4 Å². The molecule has 0 aliphatic rings. The molecule has 0 unspecified atom stereocenters. The van der Waals surface area contributed by atoms with Crippen molar-refractivity contribution < 1.29 is 13.9 Å². The van der Waals surface area contributed by atoms with Gasteiger partial charge in [0.05, 0.1) is 0 Å². The van der Waals surface area contributed by atoms with Gasteiger partial charge in [-0.1, -0.05) is 19.9 Å². The van der Waals surface area contributed by atoms with E-state index >= 15 is 0 Å². The molecular formula is C11H14FNO2. The number of ether oxygens (including phenoxy) is 1. The van der Waals surface area contributed by atoms with Crippen molar-refractivity contribution in [2.45, 2.75) is 20.3 Å². The molecule has 0 saturated heterocycles. The topological polar surface area (TPSA) is 52.3 Å². The highest BCUT2D eigenvalue weighted by atomic mass is 19.1. The standard InChI is InChI=1S/C11H14FNO2/c1-7(2)5-8-3-4-9(6-10(8)12)15-11(13)14/h3-4,6-7H,5H2,1-2H3,(H2,13,14). The van der Waals surface area contributed by atoms with Crippen LogP contribution < -0.4 is 10.5 Å². The molecule has 0 aliphatic heterocycles. The molecule has 0 saturated carbocycles. The number of nitrogens with two attached hydrogens (primary N) is 1. The van der Waals surface area contributed by atoms with Crippen molar-refractivity contribution in [3.63, 3.8) is 0 Å². The van der Waals surface area contributed by atoms with Gasteiger partial charge in [0.2, 0.25) is 0 Å². The summed E-state index contributed by atoms with van der Waals surface area (Å²) in [7, 11) is 0. The molecule has 0 heterocycles. The van der Waals surface area contributed by atoms with Gasteiger partial charge >= 0.3 is 6.09 Å². The third kappa shape index (κ3) is 3.58. The molecule has 82 valence electrons. The van der Waals surface area contributed by atoms with Gasteiger partial charge in [-0.05, 0) is 24.0 Å². The first kappa shape index (κ1) is 11.5. The third-order valence-electron chi connectivity index (χ3n) is 1.87. The van der Waals surface area contributed by atoms with Crippen molar-refractivity contribution in [1.29, 1.82) is 0 Å². The lowest BCUT2D eigenvalue weighted by Crippen LogP contribution is -2.16. The molecule has 4 heteroatoms. The Morgan fingerprint density at radius 3 is 2.67 bits per heavy atom. The van der Waals surface area contributed by atoms with E-state index in [-0.39, 0.29) is 11.6 Å². The quantitative estimate of drug-likeness (QED) is 0.835. The number of hydrogen-bond donors (Lipinski definition) is 1. The Bertz CT molecular complexity index is 364. The molecule has 0 aromatic heterocycles. The van der Waals surface area contributed by atoms with Crippen molar-refractivity contribution >= 4 is 6.09 Å². The first-order chi connectivity index (χ1) is 6.99. The fourth-order valence-electron chi connectivity index (χ4n) is 1.31. The number of halogens is 1. The molecule has 0 radical (unpaired) electrons. The minimum absolute atomic E-state index is 0.132. The van der Waals surface area contributed by atoms with E-state index in [1.165, 1.54) is 12.1 Å². The van der Waals surface area contributed by atoms with Crippen molar-refractivity contribution in [2.24, 2.45) is 11.7 Å². The average molecular weight is 211 g/mol. The Balaban J connectivity index is 2.83. The Kier molecular flexibility index (Phi) is 3.66. The highest BCUT2D eigenvalue weighted by Crippen LogP contribution is 2.19. The zero-order chi connectivity index (χ0) is 11.4. The zero-order valence-corrected chi connectivity index (χ0v) is 8.79. The van der Waals surface area contributed by atoms with Gasteiger partial charge in [0, 0.05) is 6.07 Å². The molecule has 3 nitrogen and oxygen atoms in total. The highest BCUT2D eigenvalue weighted by Gasteiger charge is 2.07. The van der Waals surface area contributed by atoms with Gasteiger partial charge in [-0.3, -0.25) is 0 Å². The van der Waals surface area contributed by atoms with E-state index in [1.807, 2.05) is 13.8 Å². The summed E-state index contributed by atoms with van der Waals surface area (Å²) in [5.41, 5.74) is 5.42. The van der Waals surface area contributed by atoms with E-state index in [4.69, 9.17) is 5.73 Å². The average Bonchev–Trinajstić information content (AvgIpc) is 2.08. The van der Waals surface area contributed by atoms with E-state index in [0.717, 1.165) is 0 Å². The maximum atomic E-state index is 13.4. The molecule has 0 atom stereocenters. The van der Waals surface area contributed by atoms with Crippen molar-refractivity contribution in [3.8, 4) is 5.75 Å². The summed E-state index contributed by atoms with van der Waals surface area (Å²) in [6.45, 7) is 4.01. The molecular weight excluding hydrogens is 197 g/mol. The maximum Gasteiger partial charge on any atom is 0.409 e. The summed E-state index contributed by atoms with van der Waals surface area (Å²) >= 11 is 0. The first-order valence-electron chi connectivity index (χ1n) is 4.74. The second-order valence-corrected chi connectivity index (χ2v) is 3.77. The summed E-state index contributed by atoms with van der Waals surface area (Å²) in [5.74, 6) is 0.136. The van der Waals surface area contributed by atoms with E-state index in [2.05, 4.69) is 4.74 Å². The predicted octanol–water partition coefficient (Wildman–Crippen LogP) is 2.48. The van der Waals surface area contributed by atoms with Crippen LogP contribution >= 0.6 is 0 Å². The highest BCUT2D eigenvalue weighted by molar-refractivity contribution is 5.68. The van der Waals surface area contributed by atoms with Gasteiger partial charge < -0.3 is 10.5 Å². The van der Waals surface area contributed by atoms with E-state index in [9.17, 15) is 9.18 Å². The molecule has 1 aromatic rings. The summed E-state index contributed by atoms with van der Waals surface area (Å²) < 4.78 is 18.0. The van der Waals surface area contributed by atoms with Gasteiger partial charge in [0.1, 0.15) is 11.6 Å². The Morgan fingerprint density at radius 1 is 1.53 bits per heavy atom. The molecule has 0 aliphatic carbocycles. The van der Waals surface area contributed by atoms with Crippen LogP contribution in [-0.2, 0) is 6.42 Å². The number of carbonyl (C=O) groups is 1. The molecule has 15 heavy (non-hydrogen) atoms. The molecule has 0 fully saturated rings. The smallest absolute Gasteiger partial charge is 0.409 e. The summed E-state index contributed by atoms with van der Waals surface area (Å²) in [6.07, 6.45) is -0.283. The minimum Gasteiger partial charge on any atom is -0.410 e. The SMILES string of the molecule is CC(C)Cc1ccc(OC(N)=O)cc1F. The lowest BCUT2D eigenvalue weighted by molar-refractivity contribution is 0.210. The van der Waals surface area contributed by atoms with Crippen LogP contribution in [0.25, 0.3) is 0 Å². The van der Waals surface area contributed by atoms with Gasteiger partial charge in [-0.15, -0.1) is 0 Å². The monoisotopic (exact) mass is 211 g/mol. The number of hydrogen-bond acceptors (Lipinski definition) is 2. The minimum atomic E-state index is -0.939. The summed E-state index contributed by atoms with van der Waals surface area (Å²) in [6, 6.07) is 4.31. The second-order valence-electron chi connectivity index (χ2n) is 3.77. The molecule has 0 spiro atoms. The van der Waals surface area contributed by atoms with Crippen LogP contribution in [0.15, 0.2) is 18.2 Å². The fraction of sp³-hybridized carbons (Fsp3) is 0.364. The Morgan fingerprint density at radius 2 is 2.20 bits per heavy atom. The predicted molar refractivity (Wildman–Crippen MR) is 55.2 cm³/mol. The number of rotatable bonds is 3. The summed E-state index contributed by atoms with van der Waals surface area (Å²) in [5, 5.41) is 0. The van der Waals surface area contributed by atoms with Gasteiger partial charge in [-0.25, -0.2) is 9.18 Å². The second kappa shape index (κ2) is 4.77. The lowest BCUT2D eigenvalue weighted by atomic mass is 10.0. The third-order valence-corrected chi connectivity index (χ3v) is 1.87. The van der Waals surface area contributed by atoms with Gasteiger partial charge in [0.25, 0.3) is 0 Å². The van der Waals surface area contributed by atoms with E-state index < -0.39 is 6.09 Å². The van der Waals surface area contributed by atoms with Crippen LogP contribution in [-0.4, -0.2) is 6.09 Å². The molecule has 2 N–H and O–H groups in total. The number of amides is 1. The van der Waals surface area contributed by atoms with Crippen LogP contribution in [0.3, 0.4) is 0 Å². The van der Waals surface area contributed by atoms with E-state index in [0.29, 0.717) is 17.9 Å². The molecule has 1 rings (SSSR count). The fourth-order valence-corrected chi connectivity index (χ4v) is 1.31. The Labute approximate surface area is 88.0 Å². The molecule has 1 aromatic carbocycles. The normalized spacial score (nSPS) is 10.4. The Hall–Kier alpha value is -1.58. The number of primary amides is 1. The number of carbonyl (C=O) groups excluding carboxylic acids is 1. The molecule has 1 amide bonds. The largest absolute Gasteiger partial charge is 0.410 e.